The molecule has 10 aromatic carbocycles. The molecule has 0 saturated heterocycles. The van der Waals surface area contributed by atoms with E-state index in [2.05, 4.69) is 240 Å². The first-order valence-corrected chi connectivity index (χ1v) is 21.7. The number of hydrogen-bond donors (Lipinski definition) is 0. The number of para-hydroxylation sites is 2. The molecule has 0 aliphatic rings. The van der Waals surface area contributed by atoms with Crippen LogP contribution < -0.4 is 4.90 Å². The van der Waals surface area contributed by atoms with Crippen LogP contribution in [-0.4, -0.2) is 4.57 Å². The van der Waals surface area contributed by atoms with E-state index in [9.17, 15) is 0 Å². The number of rotatable bonds is 7. The maximum atomic E-state index is 2.49. The second-order valence-electron chi connectivity index (χ2n) is 15.6. The van der Waals surface area contributed by atoms with Gasteiger partial charge in [-0.2, -0.15) is 0 Å². The first kappa shape index (κ1) is 35.2. The Hall–Kier alpha value is -7.72. The Morgan fingerprint density at radius 3 is 1.79 bits per heavy atom. The minimum atomic E-state index is 1.08. The molecule has 12 rings (SSSR count). The summed E-state index contributed by atoms with van der Waals surface area (Å²) in [4.78, 5) is 2.48. The van der Waals surface area contributed by atoms with Gasteiger partial charge >= 0.3 is 0 Å². The van der Waals surface area contributed by atoms with Crippen molar-refractivity contribution < 1.29 is 0 Å². The van der Waals surface area contributed by atoms with E-state index in [-0.39, 0.29) is 0 Å². The maximum Gasteiger partial charge on any atom is 0.0618 e. The highest BCUT2D eigenvalue weighted by Gasteiger charge is 2.23. The third-order valence-corrected chi connectivity index (χ3v) is 13.4. The molecule has 0 radical (unpaired) electrons. The van der Waals surface area contributed by atoms with Crippen LogP contribution in [0.5, 0.6) is 0 Å². The Balaban J connectivity index is 1.13. The van der Waals surface area contributed by atoms with Crippen LogP contribution in [0.3, 0.4) is 0 Å². The lowest BCUT2D eigenvalue weighted by Crippen LogP contribution is -2.12. The van der Waals surface area contributed by atoms with Gasteiger partial charge in [-0.1, -0.05) is 188 Å². The van der Waals surface area contributed by atoms with Gasteiger partial charge in [-0.05, 0) is 64.5 Å². The molecule has 0 bridgehead atoms. The first-order chi connectivity index (χ1) is 30.3. The molecule has 0 amide bonds. The number of aromatic nitrogens is 1. The van der Waals surface area contributed by atoms with Crippen molar-refractivity contribution in [1.82, 2.24) is 4.57 Å². The monoisotopic (exact) mass is 794 g/mol. The third-order valence-electron chi connectivity index (χ3n) is 12.2. The van der Waals surface area contributed by atoms with E-state index < -0.39 is 0 Å². The van der Waals surface area contributed by atoms with Crippen LogP contribution in [0.2, 0.25) is 0 Å². The molecule has 286 valence electrons. The Labute approximate surface area is 358 Å². The molecular weight excluding hydrogens is 757 g/mol. The fourth-order valence-corrected chi connectivity index (χ4v) is 10.6. The summed E-state index contributed by atoms with van der Waals surface area (Å²) in [7, 11) is 0. The van der Waals surface area contributed by atoms with Gasteiger partial charge in [-0.25, -0.2) is 0 Å². The summed E-state index contributed by atoms with van der Waals surface area (Å²) < 4.78 is 5.12. The molecule has 12 aromatic rings. The fraction of sp³-hybridized carbons (Fsp3) is 0. The van der Waals surface area contributed by atoms with E-state index in [4.69, 9.17) is 0 Å². The Kier molecular flexibility index (Phi) is 8.39. The molecule has 0 saturated carbocycles. The zero-order valence-electron chi connectivity index (χ0n) is 33.2. The van der Waals surface area contributed by atoms with Gasteiger partial charge in [-0.3, -0.25) is 0 Å². The molecule has 3 heteroatoms. The molecule has 2 heterocycles. The Morgan fingerprint density at radius 2 is 0.951 bits per heavy atom. The molecule has 0 unspecified atom stereocenters. The summed E-state index contributed by atoms with van der Waals surface area (Å²) in [6, 6.07) is 84.2. The number of hydrogen-bond acceptors (Lipinski definition) is 2. The summed E-state index contributed by atoms with van der Waals surface area (Å²) in [6.07, 6.45) is 0. The van der Waals surface area contributed by atoms with Crippen molar-refractivity contribution in [3.8, 4) is 39.1 Å². The van der Waals surface area contributed by atoms with Gasteiger partial charge in [0.1, 0.15) is 0 Å². The van der Waals surface area contributed by atoms with Crippen LogP contribution in [0.25, 0.3) is 91.8 Å². The van der Waals surface area contributed by atoms with Crippen molar-refractivity contribution in [2.75, 3.05) is 4.90 Å². The van der Waals surface area contributed by atoms with Crippen molar-refractivity contribution in [2.24, 2.45) is 0 Å². The first-order valence-electron chi connectivity index (χ1n) is 20.8. The number of benzene rings is 10. The zero-order valence-corrected chi connectivity index (χ0v) is 34.1. The highest BCUT2D eigenvalue weighted by molar-refractivity contribution is 7.26. The van der Waals surface area contributed by atoms with Crippen molar-refractivity contribution in [2.45, 2.75) is 0 Å². The Morgan fingerprint density at radius 1 is 0.344 bits per heavy atom. The van der Waals surface area contributed by atoms with Crippen LogP contribution in [0.1, 0.15) is 0 Å². The quantitative estimate of drug-likeness (QED) is 0.156. The second kappa shape index (κ2) is 14.5. The van der Waals surface area contributed by atoms with Gasteiger partial charge in [-0.15, -0.1) is 11.3 Å². The van der Waals surface area contributed by atoms with Gasteiger partial charge in [0, 0.05) is 64.4 Å². The standard InChI is InChI=1S/C58H38N2S/c1-3-16-39(17-4-1)40-30-33-43(34-31-40)59(57-45-21-8-7-20-42(45)32-36-46(57)41-18-5-2-6-19-41)44-35-37-49-47-22-9-12-27-53(47)60(55(49)38-44)54-28-13-10-23-48(54)51-25-15-26-52-50-24-11-14-29-56(50)61-58(51)52/h1-38H. The summed E-state index contributed by atoms with van der Waals surface area (Å²) in [5.41, 5.74) is 14.0. The minimum absolute atomic E-state index is 1.08. The SMILES string of the molecule is c1ccc(-c2ccc(N(c3ccc4c5ccccc5n(-c5ccccc5-c5cccc6c5sc5ccccc56)c4c3)c3c(-c4ccccc4)ccc4ccccc34)cc2)cc1. The fourth-order valence-electron chi connectivity index (χ4n) is 9.40. The normalized spacial score (nSPS) is 11.6. The molecule has 0 atom stereocenters. The smallest absolute Gasteiger partial charge is 0.0618 e. The van der Waals surface area contributed by atoms with Crippen molar-refractivity contribution >= 4 is 81.1 Å². The molecular formula is C58H38N2S. The lowest BCUT2D eigenvalue weighted by atomic mass is 9.96. The molecule has 0 N–H and O–H groups in total. The lowest BCUT2D eigenvalue weighted by Gasteiger charge is -2.30. The summed E-state index contributed by atoms with van der Waals surface area (Å²) >= 11 is 1.88. The second-order valence-corrected chi connectivity index (χ2v) is 16.7. The number of thiophene rings is 1. The minimum Gasteiger partial charge on any atom is -0.309 e. The van der Waals surface area contributed by atoms with Crippen LogP contribution in [0, 0.1) is 0 Å². The van der Waals surface area contributed by atoms with E-state index >= 15 is 0 Å². The van der Waals surface area contributed by atoms with E-state index in [1.54, 1.807) is 0 Å². The van der Waals surface area contributed by atoms with Crippen LogP contribution in [0.4, 0.5) is 17.1 Å². The highest BCUT2D eigenvalue weighted by atomic mass is 32.1. The zero-order chi connectivity index (χ0) is 40.3. The van der Waals surface area contributed by atoms with Gasteiger partial charge in [0.15, 0.2) is 0 Å². The van der Waals surface area contributed by atoms with Gasteiger partial charge in [0.25, 0.3) is 0 Å². The highest BCUT2D eigenvalue weighted by Crippen LogP contribution is 2.48. The molecule has 0 aliphatic heterocycles. The average molecular weight is 795 g/mol. The lowest BCUT2D eigenvalue weighted by molar-refractivity contribution is 1.18. The van der Waals surface area contributed by atoms with Crippen molar-refractivity contribution in [3.63, 3.8) is 0 Å². The molecule has 0 spiro atoms. The maximum absolute atomic E-state index is 2.49. The average Bonchev–Trinajstić information content (AvgIpc) is 3.88. The summed E-state index contributed by atoms with van der Waals surface area (Å²) in [5, 5.41) is 7.45. The van der Waals surface area contributed by atoms with Gasteiger partial charge in [0.05, 0.1) is 22.4 Å². The predicted molar refractivity (Wildman–Crippen MR) is 262 cm³/mol. The van der Waals surface area contributed by atoms with Crippen LogP contribution in [-0.2, 0) is 0 Å². The van der Waals surface area contributed by atoms with E-state index in [1.165, 1.54) is 80.6 Å². The van der Waals surface area contributed by atoms with E-state index in [0.29, 0.717) is 0 Å². The van der Waals surface area contributed by atoms with Gasteiger partial charge in [0.2, 0.25) is 0 Å². The number of nitrogens with zero attached hydrogens (tertiary/aromatic N) is 2. The van der Waals surface area contributed by atoms with E-state index in [1.807, 2.05) is 11.3 Å². The Bertz CT molecular complexity index is 3580. The van der Waals surface area contributed by atoms with E-state index in [0.717, 1.165) is 28.3 Å². The summed E-state index contributed by atoms with van der Waals surface area (Å²) in [5.74, 6) is 0. The molecule has 0 aliphatic carbocycles. The van der Waals surface area contributed by atoms with Crippen molar-refractivity contribution in [1.29, 1.82) is 0 Å². The topological polar surface area (TPSA) is 8.17 Å². The molecule has 2 nitrogen and oxygen atoms in total. The predicted octanol–water partition coefficient (Wildman–Crippen LogP) is 16.8. The van der Waals surface area contributed by atoms with Crippen molar-refractivity contribution in [3.05, 3.63) is 231 Å². The molecule has 0 fully saturated rings. The van der Waals surface area contributed by atoms with Crippen LogP contribution >= 0.6 is 11.3 Å². The molecule has 61 heavy (non-hydrogen) atoms. The third kappa shape index (κ3) is 5.85. The summed E-state index contributed by atoms with van der Waals surface area (Å²) in [6.45, 7) is 0. The number of anilines is 3. The number of fused-ring (bicyclic) bond motifs is 7. The molecule has 2 aromatic heterocycles. The van der Waals surface area contributed by atoms with Crippen LogP contribution in [0.15, 0.2) is 231 Å². The largest absolute Gasteiger partial charge is 0.309 e. The van der Waals surface area contributed by atoms with Gasteiger partial charge < -0.3 is 9.47 Å².